The predicted octanol–water partition coefficient (Wildman–Crippen LogP) is 4.78. The van der Waals surface area contributed by atoms with Crippen LogP contribution in [0.25, 0.3) is 10.8 Å². The number of methoxy groups -OCH3 is 1. The summed E-state index contributed by atoms with van der Waals surface area (Å²) in [6.07, 6.45) is 0.793. The smallest absolute Gasteiger partial charge is 0.259 e. The number of hydrogen-bond donors (Lipinski definition) is 2. The van der Waals surface area contributed by atoms with E-state index < -0.39 is 0 Å². The second-order valence-electron chi connectivity index (χ2n) is 7.92. The Morgan fingerprint density at radius 3 is 2.26 bits per heavy atom. The summed E-state index contributed by atoms with van der Waals surface area (Å²) in [5.41, 5.74) is 0.567. The van der Waals surface area contributed by atoms with Gasteiger partial charge in [-0.05, 0) is 55.3 Å². The van der Waals surface area contributed by atoms with Crippen molar-refractivity contribution in [1.29, 1.82) is 0 Å². The molecule has 3 aromatic carbocycles. The van der Waals surface area contributed by atoms with Crippen LogP contribution in [0.4, 0.5) is 5.69 Å². The molecule has 0 saturated carbocycles. The lowest BCUT2D eigenvalue weighted by Crippen LogP contribution is -2.45. The molecule has 0 bridgehead atoms. The highest BCUT2D eigenvalue weighted by molar-refractivity contribution is 6.09. The van der Waals surface area contributed by atoms with E-state index in [-0.39, 0.29) is 24.0 Å². The molecule has 0 fully saturated rings. The molecular formula is C25H28N2O4. The van der Waals surface area contributed by atoms with Crippen LogP contribution in [0, 0.1) is 0 Å². The fraction of sp³-hybridized carbons (Fsp3) is 0.280. The number of amides is 2. The van der Waals surface area contributed by atoms with Crippen molar-refractivity contribution in [3.8, 4) is 11.5 Å². The van der Waals surface area contributed by atoms with E-state index >= 15 is 0 Å². The normalized spacial score (nSPS) is 11.1. The summed E-state index contributed by atoms with van der Waals surface area (Å²) < 4.78 is 11.1. The quantitative estimate of drug-likeness (QED) is 0.550. The zero-order chi connectivity index (χ0) is 22.4. The van der Waals surface area contributed by atoms with Crippen LogP contribution in [0.3, 0.4) is 0 Å². The van der Waals surface area contributed by atoms with Gasteiger partial charge in [-0.1, -0.05) is 43.3 Å². The molecule has 6 nitrogen and oxygen atoms in total. The number of nitrogens with one attached hydrogen (secondary N) is 2. The van der Waals surface area contributed by atoms with Gasteiger partial charge in [0.1, 0.15) is 11.5 Å². The van der Waals surface area contributed by atoms with Crippen molar-refractivity contribution in [2.45, 2.75) is 32.7 Å². The summed E-state index contributed by atoms with van der Waals surface area (Å²) in [6.45, 7) is 5.72. The van der Waals surface area contributed by atoms with Gasteiger partial charge in [0, 0.05) is 5.54 Å². The molecule has 0 aromatic heterocycles. The van der Waals surface area contributed by atoms with Crippen molar-refractivity contribution in [3.63, 3.8) is 0 Å². The first-order chi connectivity index (χ1) is 14.8. The molecule has 6 heteroatoms. The molecule has 3 aromatic rings. The first kappa shape index (κ1) is 22.2. The Kier molecular flexibility index (Phi) is 6.80. The van der Waals surface area contributed by atoms with Crippen LogP contribution in [0.1, 0.15) is 37.6 Å². The van der Waals surface area contributed by atoms with Crippen LogP contribution in [-0.4, -0.2) is 31.1 Å². The third kappa shape index (κ3) is 5.54. The number of fused-ring (bicyclic) bond motifs is 1. The lowest BCUT2D eigenvalue weighted by molar-refractivity contribution is -0.124. The van der Waals surface area contributed by atoms with Gasteiger partial charge in [-0.2, -0.15) is 0 Å². The second kappa shape index (κ2) is 9.51. The second-order valence-corrected chi connectivity index (χ2v) is 7.92. The van der Waals surface area contributed by atoms with E-state index in [1.54, 1.807) is 31.4 Å². The van der Waals surface area contributed by atoms with E-state index in [0.29, 0.717) is 22.7 Å². The van der Waals surface area contributed by atoms with E-state index in [0.717, 1.165) is 17.2 Å². The van der Waals surface area contributed by atoms with Crippen LogP contribution in [-0.2, 0) is 4.79 Å². The third-order valence-electron chi connectivity index (χ3n) is 5.17. The van der Waals surface area contributed by atoms with Gasteiger partial charge in [-0.25, -0.2) is 0 Å². The van der Waals surface area contributed by atoms with E-state index in [4.69, 9.17) is 9.47 Å². The summed E-state index contributed by atoms with van der Waals surface area (Å²) in [5.74, 6) is 0.312. The Bertz CT molecular complexity index is 1090. The van der Waals surface area contributed by atoms with E-state index in [1.807, 2.05) is 57.2 Å². The molecule has 0 aliphatic rings. The summed E-state index contributed by atoms with van der Waals surface area (Å²) in [7, 11) is 1.55. The zero-order valence-corrected chi connectivity index (χ0v) is 18.3. The minimum absolute atomic E-state index is 0.184. The molecule has 31 heavy (non-hydrogen) atoms. The molecule has 0 radical (unpaired) electrons. The number of rotatable bonds is 8. The Morgan fingerprint density at radius 2 is 1.58 bits per heavy atom. The van der Waals surface area contributed by atoms with Gasteiger partial charge in [0.15, 0.2) is 6.61 Å². The molecule has 0 aliphatic heterocycles. The highest BCUT2D eigenvalue weighted by Crippen LogP contribution is 2.29. The van der Waals surface area contributed by atoms with Gasteiger partial charge >= 0.3 is 0 Å². The largest absolute Gasteiger partial charge is 0.495 e. The summed E-state index contributed by atoms with van der Waals surface area (Å²) in [4.78, 5) is 25.5. The van der Waals surface area contributed by atoms with Crippen LogP contribution in [0.5, 0.6) is 11.5 Å². The van der Waals surface area contributed by atoms with Gasteiger partial charge in [0.05, 0.1) is 18.4 Å². The molecule has 0 atom stereocenters. The molecule has 0 spiro atoms. The van der Waals surface area contributed by atoms with Crippen LogP contribution in [0.2, 0.25) is 0 Å². The first-order valence-electron chi connectivity index (χ1n) is 10.2. The number of carbonyl (C=O) groups excluding carboxylic acids is 2. The van der Waals surface area contributed by atoms with Crippen molar-refractivity contribution in [1.82, 2.24) is 5.32 Å². The lowest BCUT2D eigenvalue weighted by atomic mass is 10.0. The Balaban J connectivity index is 1.88. The lowest BCUT2D eigenvalue weighted by Gasteiger charge is -2.24. The maximum Gasteiger partial charge on any atom is 0.259 e. The molecular weight excluding hydrogens is 392 g/mol. The number of hydrogen-bond acceptors (Lipinski definition) is 4. The van der Waals surface area contributed by atoms with Crippen LogP contribution in [0.15, 0.2) is 60.7 Å². The average molecular weight is 421 g/mol. The third-order valence-corrected chi connectivity index (χ3v) is 5.17. The zero-order valence-electron chi connectivity index (χ0n) is 18.3. The fourth-order valence-corrected chi connectivity index (χ4v) is 3.10. The molecule has 3 rings (SSSR count). The molecule has 2 N–H and O–H groups in total. The number of para-hydroxylation sites is 2. The molecule has 0 heterocycles. The van der Waals surface area contributed by atoms with Gasteiger partial charge in [0.2, 0.25) is 0 Å². The predicted molar refractivity (Wildman–Crippen MR) is 123 cm³/mol. The van der Waals surface area contributed by atoms with Crippen molar-refractivity contribution in [3.05, 3.63) is 66.2 Å². The Hall–Kier alpha value is -3.54. The van der Waals surface area contributed by atoms with Crippen molar-refractivity contribution in [2.24, 2.45) is 0 Å². The van der Waals surface area contributed by atoms with Crippen molar-refractivity contribution < 1.29 is 19.1 Å². The summed E-state index contributed by atoms with van der Waals surface area (Å²) >= 11 is 0. The van der Waals surface area contributed by atoms with E-state index in [9.17, 15) is 9.59 Å². The van der Waals surface area contributed by atoms with Crippen molar-refractivity contribution in [2.75, 3.05) is 19.0 Å². The molecule has 0 aliphatic carbocycles. The Morgan fingerprint density at radius 1 is 0.935 bits per heavy atom. The first-order valence-corrected chi connectivity index (χ1v) is 10.2. The van der Waals surface area contributed by atoms with Crippen LogP contribution < -0.4 is 20.1 Å². The summed E-state index contributed by atoms with van der Waals surface area (Å²) in [5, 5.41) is 7.63. The maximum absolute atomic E-state index is 13.1. The topological polar surface area (TPSA) is 76.7 Å². The van der Waals surface area contributed by atoms with Crippen molar-refractivity contribution >= 4 is 28.3 Å². The molecule has 162 valence electrons. The number of benzene rings is 3. The average Bonchev–Trinajstić information content (AvgIpc) is 2.77. The monoisotopic (exact) mass is 420 g/mol. The fourth-order valence-electron chi connectivity index (χ4n) is 3.10. The van der Waals surface area contributed by atoms with Gasteiger partial charge < -0.3 is 20.1 Å². The standard InChI is InChI=1S/C25H28N2O4/c1-5-25(2,3)27-23(28)16-31-22-15-18-11-7-6-10-17(18)14-19(22)24(29)26-20-12-8-9-13-21(20)30-4/h6-15H,5,16H2,1-4H3,(H,26,29)(H,27,28). The minimum atomic E-state index is -0.348. The molecule has 0 saturated heterocycles. The van der Waals surface area contributed by atoms with E-state index in [1.165, 1.54) is 0 Å². The Labute approximate surface area is 182 Å². The minimum Gasteiger partial charge on any atom is -0.495 e. The molecule has 2 amide bonds. The van der Waals surface area contributed by atoms with Gasteiger partial charge in [-0.3, -0.25) is 9.59 Å². The van der Waals surface area contributed by atoms with Crippen LogP contribution >= 0.6 is 0 Å². The molecule has 0 unspecified atom stereocenters. The number of carbonyl (C=O) groups is 2. The summed E-state index contributed by atoms with van der Waals surface area (Å²) in [6, 6.07) is 18.4. The number of ether oxygens (including phenoxy) is 2. The number of anilines is 1. The highest BCUT2D eigenvalue weighted by atomic mass is 16.5. The maximum atomic E-state index is 13.1. The SMILES string of the molecule is CCC(C)(C)NC(=O)COc1cc2ccccc2cc1C(=O)Nc1ccccc1OC. The highest BCUT2D eigenvalue weighted by Gasteiger charge is 2.20. The van der Waals surface area contributed by atoms with Gasteiger partial charge in [-0.15, -0.1) is 0 Å². The van der Waals surface area contributed by atoms with E-state index in [2.05, 4.69) is 10.6 Å². The van der Waals surface area contributed by atoms with Gasteiger partial charge in [0.25, 0.3) is 11.8 Å².